The largest absolute Gasteiger partial charge is 0.341 e. The zero-order valence-corrected chi connectivity index (χ0v) is 14.0. The zero-order valence-electron chi connectivity index (χ0n) is 13.2. The van der Waals surface area contributed by atoms with Gasteiger partial charge in [0.25, 0.3) is 5.91 Å². The van der Waals surface area contributed by atoms with Gasteiger partial charge in [0.05, 0.1) is 0 Å². The second-order valence-electron chi connectivity index (χ2n) is 5.53. The van der Waals surface area contributed by atoms with Crippen molar-refractivity contribution >= 4 is 29.3 Å². The van der Waals surface area contributed by atoms with Crippen molar-refractivity contribution in [3.63, 3.8) is 0 Å². The molecule has 6 nitrogen and oxygen atoms in total. The molecule has 7 heteroatoms. The smallest absolute Gasteiger partial charge is 0.251 e. The van der Waals surface area contributed by atoms with Crippen molar-refractivity contribution in [1.82, 2.24) is 15.1 Å². The van der Waals surface area contributed by atoms with Crippen molar-refractivity contribution in [2.45, 2.75) is 19.9 Å². The van der Waals surface area contributed by atoms with E-state index < -0.39 is 6.04 Å². The van der Waals surface area contributed by atoms with Crippen LogP contribution in [0.3, 0.4) is 0 Å². The lowest BCUT2D eigenvalue weighted by Crippen LogP contribution is -2.54. The average Bonchev–Trinajstić information content (AvgIpc) is 2.54. The van der Waals surface area contributed by atoms with Crippen molar-refractivity contribution in [2.24, 2.45) is 0 Å². The Morgan fingerprint density at radius 3 is 2.09 bits per heavy atom. The van der Waals surface area contributed by atoms with Crippen molar-refractivity contribution in [3.05, 3.63) is 34.9 Å². The highest BCUT2D eigenvalue weighted by Gasteiger charge is 2.26. The third-order valence-corrected chi connectivity index (χ3v) is 4.11. The maximum Gasteiger partial charge on any atom is 0.251 e. The molecular formula is C16H20ClN3O3. The van der Waals surface area contributed by atoms with E-state index in [-0.39, 0.29) is 17.7 Å². The summed E-state index contributed by atoms with van der Waals surface area (Å²) in [5.74, 6) is -0.443. The van der Waals surface area contributed by atoms with Gasteiger partial charge in [-0.2, -0.15) is 0 Å². The molecule has 1 aliphatic rings. The molecule has 1 aromatic carbocycles. The summed E-state index contributed by atoms with van der Waals surface area (Å²) in [5.41, 5.74) is 0.454. The molecule has 2 rings (SSSR count). The molecule has 1 unspecified atom stereocenters. The molecule has 0 saturated carbocycles. The summed E-state index contributed by atoms with van der Waals surface area (Å²) in [7, 11) is 0. The van der Waals surface area contributed by atoms with Crippen LogP contribution in [0.5, 0.6) is 0 Å². The van der Waals surface area contributed by atoms with Gasteiger partial charge in [0, 0.05) is 43.7 Å². The molecule has 0 spiro atoms. The van der Waals surface area contributed by atoms with Crippen LogP contribution in [0.15, 0.2) is 24.3 Å². The van der Waals surface area contributed by atoms with Crippen LogP contribution in [0.1, 0.15) is 24.2 Å². The molecule has 1 aliphatic heterocycles. The Kier molecular flexibility index (Phi) is 5.60. The van der Waals surface area contributed by atoms with Crippen molar-refractivity contribution in [3.8, 4) is 0 Å². The lowest BCUT2D eigenvalue weighted by Gasteiger charge is -2.35. The quantitative estimate of drug-likeness (QED) is 0.899. The van der Waals surface area contributed by atoms with Crippen LogP contribution in [0.4, 0.5) is 0 Å². The molecule has 23 heavy (non-hydrogen) atoms. The molecule has 1 fully saturated rings. The van der Waals surface area contributed by atoms with Crippen LogP contribution in [0.2, 0.25) is 5.02 Å². The molecule has 1 heterocycles. The van der Waals surface area contributed by atoms with Gasteiger partial charge in [-0.1, -0.05) is 11.6 Å². The molecule has 1 N–H and O–H groups in total. The van der Waals surface area contributed by atoms with Gasteiger partial charge >= 0.3 is 0 Å². The number of hydrogen-bond donors (Lipinski definition) is 1. The second kappa shape index (κ2) is 7.46. The number of carbonyl (C=O) groups excluding carboxylic acids is 3. The number of benzene rings is 1. The zero-order chi connectivity index (χ0) is 17.0. The third kappa shape index (κ3) is 4.45. The maximum atomic E-state index is 12.4. The maximum absolute atomic E-state index is 12.4. The molecule has 0 aromatic heterocycles. The standard InChI is InChI=1S/C16H20ClN3O3/c1-11(18-15(22)13-3-5-14(17)6-4-13)16(23)20-9-7-19(8-10-20)12(2)21/h3-6,11H,7-10H2,1-2H3,(H,18,22). The minimum absolute atomic E-state index is 0.0150. The van der Waals surface area contributed by atoms with Crippen molar-refractivity contribution in [2.75, 3.05) is 26.2 Å². The van der Waals surface area contributed by atoms with Crippen LogP contribution in [-0.2, 0) is 9.59 Å². The topological polar surface area (TPSA) is 69.7 Å². The molecular weight excluding hydrogens is 318 g/mol. The number of halogens is 1. The van der Waals surface area contributed by atoms with Gasteiger partial charge in [-0.25, -0.2) is 0 Å². The van der Waals surface area contributed by atoms with E-state index in [0.717, 1.165) is 0 Å². The first-order valence-corrected chi connectivity index (χ1v) is 7.87. The highest BCUT2D eigenvalue weighted by atomic mass is 35.5. The predicted molar refractivity (Wildman–Crippen MR) is 87.2 cm³/mol. The van der Waals surface area contributed by atoms with Crippen LogP contribution < -0.4 is 5.32 Å². The summed E-state index contributed by atoms with van der Waals surface area (Å²) in [6.07, 6.45) is 0. The van der Waals surface area contributed by atoms with E-state index in [1.165, 1.54) is 6.92 Å². The Balaban J connectivity index is 1.89. The first kappa shape index (κ1) is 17.3. The molecule has 1 aromatic rings. The number of rotatable bonds is 3. The number of carbonyl (C=O) groups is 3. The fourth-order valence-corrected chi connectivity index (χ4v) is 2.58. The summed E-state index contributed by atoms with van der Waals surface area (Å²) in [4.78, 5) is 39.2. The van der Waals surface area contributed by atoms with Gasteiger partial charge < -0.3 is 15.1 Å². The number of hydrogen-bond acceptors (Lipinski definition) is 3. The highest BCUT2D eigenvalue weighted by molar-refractivity contribution is 6.30. The second-order valence-corrected chi connectivity index (χ2v) is 5.97. The molecule has 0 radical (unpaired) electrons. The number of nitrogens with one attached hydrogen (secondary N) is 1. The van der Waals surface area contributed by atoms with Crippen LogP contribution in [0, 0.1) is 0 Å². The fourth-order valence-electron chi connectivity index (χ4n) is 2.46. The number of piperazine rings is 1. The molecule has 0 aliphatic carbocycles. The lowest BCUT2D eigenvalue weighted by molar-refractivity contribution is -0.139. The summed E-state index contributed by atoms with van der Waals surface area (Å²) in [6, 6.07) is 5.86. The van der Waals surface area contributed by atoms with Crippen LogP contribution in [-0.4, -0.2) is 59.7 Å². The monoisotopic (exact) mass is 337 g/mol. The first-order valence-electron chi connectivity index (χ1n) is 7.49. The molecule has 1 atom stereocenters. The van der Waals surface area contributed by atoms with E-state index in [4.69, 9.17) is 11.6 Å². The van der Waals surface area contributed by atoms with E-state index >= 15 is 0 Å². The van der Waals surface area contributed by atoms with E-state index in [1.54, 1.807) is 41.0 Å². The number of amides is 3. The van der Waals surface area contributed by atoms with Gasteiger partial charge in [0.15, 0.2) is 0 Å². The van der Waals surface area contributed by atoms with Gasteiger partial charge in [-0.15, -0.1) is 0 Å². The van der Waals surface area contributed by atoms with Crippen LogP contribution in [0.25, 0.3) is 0 Å². The minimum Gasteiger partial charge on any atom is -0.341 e. The molecule has 1 saturated heterocycles. The Labute approximate surface area is 140 Å². The Hall–Kier alpha value is -2.08. The van der Waals surface area contributed by atoms with E-state index in [2.05, 4.69) is 5.32 Å². The fraction of sp³-hybridized carbons (Fsp3) is 0.438. The SMILES string of the molecule is CC(=O)N1CCN(C(=O)C(C)NC(=O)c2ccc(Cl)cc2)CC1. The lowest BCUT2D eigenvalue weighted by atomic mass is 10.2. The Morgan fingerprint density at radius 1 is 1.04 bits per heavy atom. The van der Waals surface area contributed by atoms with Crippen LogP contribution >= 0.6 is 11.6 Å². The Morgan fingerprint density at radius 2 is 1.57 bits per heavy atom. The summed E-state index contributed by atoms with van der Waals surface area (Å²) in [5, 5.41) is 3.24. The highest BCUT2D eigenvalue weighted by Crippen LogP contribution is 2.10. The summed E-state index contributed by atoms with van der Waals surface area (Å²) in [6.45, 7) is 5.21. The Bertz CT molecular complexity index is 595. The normalized spacial score (nSPS) is 16.0. The molecule has 3 amide bonds. The third-order valence-electron chi connectivity index (χ3n) is 3.86. The van der Waals surface area contributed by atoms with Gasteiger partial charge in [0.2, 0.25) is 11.8 Å². The number of nitrogens with zero attached hydrogens (tertiary/aromatic N) is 2. The first-order chi connectivity index (χ1) is 10.9. The van der Waals surface area contributed by atoms with Gasteiger partial charge in [0.1, 0.15) is 6.04 Å². The molecule has 124 valence electrons. The van der Waals surface area contributed by atoms with E-state index in [0.29, 0.717) is 36.8 Å². The predicted octanol–water partition coefficient (Wildman–Crippen LogP) is 1.15. The van der Waals surface area contributed by atoms with Gasteiger partial charge in [-0.3, -0.25) is 14.4 Å². The molecule has 0 bridgehead atoms. The van der Waals surface area contributed by atoms with Crippen molar-refractivity contribution in [1.29, 1.82) is 0 Å². The van der Waals surface area contributed by atoms with E-state index in [1.807, 2.05) is 0 Å². The minimum atomic E-state index is -0.623. The van der Waals surface area contributed by atoms with Crippen molar-refractivity contribution < 1.29 is 14.4 Å². The summed E-state index contributed by atoms with van der Waals surface area (Å²) < 4.78 is 0. The summed E-state index contributed by atoms with van der Waals surface area (Å²) >= 11 is 5.79. The van der Waals surface area contributed by atoms with E-state index in [9.17, 15) is 14.4 Å². The van der Waals surface area contributed by atoms with Gasteiger partial charge in [-0.05, 0) is 31.2 Å². The average molecular weight is 338 g/mol.